The molecule has 6 nitrogen and oxygen atoms in total. The van der Waals surface area contributed by atoms with Crippen LogP contribution in [0.3, 0.4) is 0 Å². The minimum atomic E-state index is -0.193. The van der Waals surface area contributed by atoms with Crippen molar-refractivity contribution < 1.29 is 4.79 Å². The Morgan fingerprint density at radius 3 is 2.53 bits per heavy atom. The van der Waals surface area contributed by atoms with Crippen molar-refractivity contribution in [3.8, 4) is 5.69 Å². The Hall–Kier alpha value is -2.17. The van der Waals surface area contributed by atoms with Gasteiger partial charge >= 0.3 is 0 Å². The first kappa shape index (κ1) is 21.1. The molecular formula is C21H16ClIN4O2S. The number of carbonyl (C=O) groups excluding carboxylic acids is 1. The van der Waals surface area contributed by atoms with Crippen molar-refractivity contribution in [3.05, 3.63) is 78.9 Å². The van der Waals surface area contributed by atoms with Crippen LogP contribution in [-0.2, 0) is 0 Å². The highest BCUT2D eigenvalue weighted by atomic mass is 127. The molecule has 2 aromatic carbocycles. The van der Waals surface area contributed by atoms with Gasteiger partial charge < -0.3 is 0 Å². The first-order chi connectivity index (χ1) is 14.3. The Bertz CT molecular complexity index is 1330. The molecule has 0 atom stereocenters. The third-order valence-electron chi connectivity index (χ3n) is 4.45. The summed E-state index contributed by atoms with van der Waals surface area (Å²) in [6.07, 6.45) is 0. The summed E-state index contributed by atoms with van der Waals surface area (Å²) in [4.78, 5) is 30.7. The smallest absolute Gasteiger partial charge is 0.266 e. The van der Waals surface area contributed by atoms with Gasteiger partial charge in [-0.3, -0.25) is 14.2 Å². The molecule has 0 aliphatic rings. The molecule has 4 rings (SSSR count). The number of halogens is 2. The molecule has 4 aromatic rings. The average molecular weight is 551 g/mol. The highest BCUT2D eigenvalue weighted by Crippen LogP contribution is 2.23. The Kier molecular flexibility index (Phi) is 5.99. The molecule has 0 bridgehead atoms. The van der Waals surface area contributed by atoms with E-state index >= 15 is 0 Å². The van der Waals surface area contributed by atoms with Gasteiger partial charge in [0.1, 0.15) is 0 Å². The van der Waals surface area contributed by atoms with E-state index in [0.29, 0.717) is 26.8 Å². The minimum Gasteiger partial charge on any atom is -0.272 e. The molecular weight excluding hydrogens is 535 g/mol. The summed E-state index contributed by atoms with van der Waals surface area (Å²) in [6.45, 7) is 3.68. The van der Waals surface area contributed by atoms with E-state index in [1.54, 1.807) is 24.3 Å². The van der Waals surface area contributed by atoms with E-state index in [4.69, 9.17) is 11.6 Å². The molecule has 30 heavy (non-hydrogen) atoms. The van der Waals surface area contributed by atoms with Crippen LogP contribution in [0.25, 0.3) is 16.6 Å². The number of aryl methyl sites for hydroxylation is 2. The second kappa shape index (κ2) is 8.52. The molecule has 2 heterocycles. The van der Waals surface area contributed by atoms with Gasteiger partial charge in [0.25, 0.3) is 11.5 Å². The van der Waals surface area contributed by atoms with Crippen LogP contribution in [-0.4, -0.2) is 31.0 Å². The molecule has 0 radical (unpaired) electrons. The van der Waals surface area contributed by atoms with Crippen molar-refractivity contribution in [3.63, 3.8) is 0 Å². The van der Waals surface area contributed by atoms with Crippen molar-refractivity contribution >= 4 is 62.8 Å². The van der Waals surface area contributed by atoms with Gasteiger partial charge in [-0.15, -0.1) is 0 Å². The number of rotatable bonds is 4. The van der Waals surface area contributed by atoms with E-state index in [1.165, 1.54) is 21.0 Å². The van der Waals surface area contributed by atoms with Gasteiger partial charge in [-0.2, -0.15) is 5.10 Å². The lowest BCUT2D eigenvalue weighted by Gasteiger charge is -2.13. The van der Waals surface area contributed by atoms with Gasteiger partial charge in [-0.1, -0.05) is 23.4 Å². The number of carbonyl (C=O) groups is 1. The van der Waals surface area contributed by atoms with Crippen LogP contribution in [0, 0.1) is 17.4 Å². The Morgan fingerprint density at radius 2 is 1.87 bits per heavy atom. The fourth-order valence-corrected chi connectivity index (χ4v) is 4.59. The normalized spacial score (nSPS) is 11.2. The van der Waals surface area contributed by atoms with E-state index in [0.717, 1.165) is 15.0 Å². The van der Waals surface area contributed by atoms with Crippen LogP contribution >= 0.6 is 46.0 Å². The minimum absolute atomic E-state index is 0.0951. The first-order valence-electron chi connectivity index (χ1n) is 9.01. The van der Waals surface area contributed by atoms with Gasteiger partial charge in [0.2, 0.25) is 0 Å². The van der Waals surface area contributed by atoms with Gasteiger partial charge in [0.05, 0.1) is 28.0 Å². The summed E-state index contributed by atoms with van der Waals surface area (Å²) in [5.41, 5.74) is 2.59. The summed E-state index contributed by atoms with van der Waals surface area (Å²) >= 11 is 9.39. The third-order valence-corrected chi connectivity index (χ3v) is 6.30. The summed E-state index contributed by atoms with van der Waals surface area (Å²) in [7, 11) is 0. The topological polar surface area (TPSA) is 69.8 Å². The zero-order valence-electron chi connectivity index (χ0n) is 16.1. The average Bonchev–Trinajstić information content (AvgIpc) is 3.06. The predicted molar refractivity (Wildman–Crippen MR) is 128 cm³/mol. The molecule has 0 fully saturated rings. The fourth-order valence-electron chi connectivity index (χ4n) is 3.12. The molecule has 2 aromatic heterocycles. The summed E-state index contributed by atoms with van der Waals surface area (Å²) in [6, 6.07) is 14.3. The quantitative estimate of drug-likeness (QED) is 0.206. The molecule has 0 aliphatic heterocycles. The maximum absolute atomic E-state index is 13.3. The largest absolute Gasteiger partial charge is 0.272 e. The monoisotopic (exact) mass is 550 g/mol. The van der Waals surface area contributed by atoms with Gasteiger partial charge in [0, 0.05) is 14.3 Å². The third kappa shape index (κ3) is 4.17. The van der Waals surface area contributed by atoms with E-state index in [2.05, 4.69) is 32.7 Å². The summed E-state index contributed by atoms with van der Waals surface area (Å²) < 4.78 is 3.85. The maximum atomic E-state index is 13.3. The number of fused-ring (bicyclic) bond motifs is 1. The molecule has 0 saturated carbocycles. The highest BCUT2D eigenvalue weighted by molar-refractivity contribution is 14.1. The zero-order chi connectivity index (χ0) is 21.4. The number of aromatic nitrogens is 4. The van der Waals surface area contributed by atoms with E-state index in [1.807, 2.05) is 38.1 Å². The number of hydrogen-bond acceptors (Lipinski definition) is 5. The van der Waals surface area contributed by atoms with Gasteiger partial charge in [-0.05, 0) is 85.0 Å². The van der Waals surface area contributed by atoms with Crippen molar-refractivity contribution in [2.24, 2.45) is 0 Å². The van der Waals surface area contributed by atoms with Crippen molar-refractivity contribution in [2.75, 3.05) is 5.75 Å². The maximum Gasteiger partial charge on any atom is 0.266 e. The molecule has 0 amide bonds. The van der Waals surface area contributed by atoms with Crippen LogP contribution in [0.2, 0.25) is 5.02 Å². The number of thioether (sulfide) groups is 1. The number of hydrogen-bond donors (Lipinski definition) is 0. The molecule has 0 saturated heterocycles. The van der Waals surface area contributed by atoms with Crippen LogP contribution < -0.4 is 5.56 Å². The van der Waals surface area contributed by atoms with Gasteiger partial charge in [0.15, 0.2) is 5.16 Å². The highest BCUT2D eigenvalue weighted by Gasteiger charge is 2.17. The van der Waals surface area contributed by atoms with Crippen LogP contribution in [0.15, 0.2) is 58.5 Å². The van der Waals surface area contributed by atoms with Crippen LogP contribution in [0.4, 0.5) is 0 Å². The summed E-state index contributed by atoms with van der Waals surface area (Å²) in [5.74, 6) is -0.0806. The van der Waals surface area contributed by atoms with Crippen molar-refractivity contribution in [1.29, 1.82) is 0 Å². The Morgan fingerprint density at radius 1 is 1.13 bits per heavy atom. The zero-order valence-corrected chi connectivity index (χ0v) is 19.8. The SMILES string of the molecule is Cc1cc(C)n(C(=O)CSc2nc3ccc(I)cc3c(=O)n2-c2ccc(Cl)cc2)n1. The van der Waals surface area contributed by atoms with Crippen LogP contribution in [0.1, 0.15) is 16.2 Å². The lowest BCUT2D eigenvalue weighted by atomic mass is 10.2. The molecule has 9 heteroatoms. The van der Waals surface area contributed by atoms with Crippen molar-refractivity contribution in [1.82, 2.24) is 19.3 Å². The standard InChI is InChI=1S/C21H16ClIN4O2S/c1-12-9-13(2)27(25-12)19(28)11-30-21-24-18-8-5-15(23)10-17(18)20(29)26(21)16-6-3-14(22)4-7-16/h3-10H,11H2,1-2H3. The number of nitrogens with zero attached hydrogens (tertiary/aromatic N) is 4. The molecule has 0 N–H and O–H groups in total. The fraction of sp³-hybridized carbons (Fsp3) is 0.143. The molecule has 0 unspecified atom stereocenters. The molecule has 0 aliphatic carbocycles. The second-order valence-electron chi connectivity index (χ2n) is 6.69. The Labute approximate surface area is 195 Å². The molecule has 0 spiro atoms. The van der Waals surface area contributed by atoms with Crippen molar-refractivity contribution in [2.45, 2.75) is 19.0 Å². The lowest BCUT2D eigenvalue weighted by Crippen LogP contribution is -2.23. The van der Waals surface area contributed by atoms with E-state index < -0.39 is 0 Å². The summed E-state index contributed by atoms with van der Waals surface area (Å²) in [5, 5.41) is 5.77. The van der Waals surface area contributed by atoms with Gasteiger partial charge in [-0.25, -0.2) is 9.67 Å². The van der Waals surface area contributed by atoms with Crippen LogP contribution in [0.5, 0.6) is 0 Å². The number of benzene rings is 2. The molecule has 152 valence electrons. The Balaban J connectivity index is 1.79. The predicted octanol–water partition coefficient (Wildman–Crippen LogP) is 4.89. The lowest BCUT2D eigenvalue weighted by molar-refractivity contribution is 0.0923. The van der Waals surface area contributed by atoms with E-state index in [-0.39, 0.29) is 17.2 Å². The van der Waals surface area contributed by atoms with E-state index in [9.17, 15) is 9.59 Å². The first-order valence-corrected chi connectivity index (χ1v) is 11.5. The second-order valence-corrected chi connectivity index (χ2v) is 9.32.